The molecular weight excluding hydrogens is 178 g/mol. The average molecular weight is 197 g/mol. The van der Waals surface area contributed by atoms with E-state index in [1.807, 2.05) is 26.0 Å². The quantitative estimate of drug-likeness (QED) is 0.690. The zero-order valence-electron chi connectivity index (χ0n) is 9.16. The molecule has 80 valence electrons. The van der Waals surface area contributed by atoms with Crippen molar-refractivity contribution in [3.05, 3.63) is 12.2 Å². The van der Waals surface area contributed by atoms with E-state index in [1.165, 1.54) is 0 Å². The van der Waals surface area contributed by atoms with Gasteiger partial charge in [-0.3, -0.25) is 4.79 Å². The van der Waals surface area contributed by atoms with Crippen LogP contribution in [0.3, 0.4) is 0 Å². The molecule has 0 fully saturated rings. The van der Waals surface area contributed by atoms with Crippen molar-refractivity contribution in [2.24, 2.45) is 5.92 Å². The third-order valence-corrected chi connectivity index (χ3v) is 2.98. The maximum Gasteiger partial charge on any atom is 0.226 e. The predicted molar refractivity (Wildman–Crippen MR) is 55.8 cm³/mol. The highest BCUT2D eigenvalue weighted by Crippen LogP contribution is 2.23. The second-order valence-corrected chi connectivity index (χ2v) is 4.51. The van der Waals surface area contributed by atoms with Crippen LogP contribution in [0, 0.1) is 5.92 Å². The second kappa shape index (κ2) is 4.13. The fraction of sp³-hybridized carbons (Fsp3) is 0.727. The van der Waals surface area contributed by atoms with Crippen molar-refractivity contribution in [3.8, 4) is 0 Å². The van der Waals surface area contributed by atoms with Crippen LogP contribution in [0.4, 0.5) is 0 Å². The van der Waals surface area contributed by atoms with E-state index in [0.29, 0.717) is 0 Å². The molecule has 14 heavy (non-hydrogen) atoms. The molecule has 0 radical (unpaired) electrons. The lowest BCUT2D eigenvalue weighted by molar-refractivity contribution is -0.140. The van der Waals surface area contributed by atoms with Crippen molar-refractivity contribution in [2.75, 3.05) is 13.7 Å². The highest BCUT2D eigenvalue weighted by molar-refractivity contribution is 5.80. The number of hydrogen-bond donors (Lipinski definition) is 1. The lowest BCUT2D eigenvalue weighted by Crippen LogP contribution is -2.49. The summed E-state index contributed by atoms with van der Waals surface area (Å²) >= 11 is 0. The van der Waals surface area contributed by atoms with Crippen LogP contribution in [-0.4, -0.2) is 35.1 Å². The van der Waals surface area contributed by atoms with Crippen molar-refractivity contribution < 1.29 is 9.90 Å². The smallest absolute Gasteiger partial charge is 0.226 e. The molecule has 1 amide bonds. The predicted octanol–water partition coefficient (Wildman–Crippen LogP) is 1.18. The van der Waals surface area contributed by atoms with Gasteiger partial charge < -0.3 is 10.0 Å². The molecule has 1 aliphatic carbocycles. The Labute approximate surface area is 85.4 Å². The third-order valence-electron chi connectivity index (χ3n) is 2.98. The highest BCUT2D eigenvalue weighted by atomic mass is 16.3. The number of aliphatic hydroxyl groups is 1. The van der Waals surface area contributed by atoms with E-state index in [9.17, 15) is 4.79 Å². The minimum atomic E-state index is -0.459. The number of aliphatic hydroxyl groups excluding tert-OH is 1. The van der Waals surface area contributed by atoms with E-state index in [4.69, 9.17) is 5.11 Å². The third kappa shape index (κ3) is 2.15. The minimum Gasteiger partial charge on any atom is -0.394 e. The van der Waals surface area contributed by atoms with Crippen molar-refractivity contribution in [1.29, 1.82) is 0 Å². The number of likely N-dealkylation sites (N-methyl/N-ethyl adjacent to an activating group) is 1. The summed E-state index contributed by atoms with van der Waals surface area (Å²) in [5, 5.41) is 9.15. The first kappa shape index (κ1) is 11.2. The van der Waals surface area contributed by atoms with E-state index in [-0.39, 0.29) is 18.4 Å². The normalized spacial score (nSPS) is 17.4. The Hall–Kier alpha value is -0.830. The topological polar surface area (TPSA) is 40.5 Å². The summed E-state index contributed by atoms with van der Waals surface area (Å²) in [4.78, 5) is 13.6. The van der Waals surface area contributed by atoms with Crippen LogP contribution in [0.15, 0.2) is 12.2 Å². The maximum absolute atomic E-state index is 11.9. The number of amides is 1. The number of rotatable bonds is 3. The molecular formula is C11H19NO2. The first-order valence-corrected chi connectivity index (χ1v) is 5.02. The standard InChI is InChI=1S/C11H19NO2/c1-11(2,8-13)12(3)10(14)9-6-4-5-7-9/h4-5,9,13H,6-8H2,1-3H3. The molecule has 0 spiro atoms. The van der Waals surface area contributed by atoms with E-state index in [0.717, 1.165) is 12.8 Å². The molecule has 0 aromatic heterocycles. The lowest BCUT2D eigenvalue weighted by atomic mass is 10.00. The lowest BCUT2D eigenvalue weighted by Gasteiger charge is -2.35. The molecule has 1 rings (SSSR count). The van der Waals surface area contributed by atoms with Crippen molar-refractivity contribution in [2.45, 2.75) is 32.2 Å². The molecule has 0 atom stereocenters. The Morgan fingerprint density at radius 3 is 2.43 bits per heavy atom. The van der Waals surface area contributed by atoms with E-state index >= 15 is 0 Å². The number of hydrogen-bond acceptors (Lipinski definition) is 2. The van der Waals surface area contributed by atoms with Crippen LogP contribution >= 0.6 is 0 Å². The Morgan fingerprint density at radius 1 is 1.50 bits per heavy atom. The molecule has 3 heteroatoms. The van der Waals surface area contributed by atoms with Crippen LogP contribution in [0.25, 0.3) is 0 Å². The maximum atomic E-state index is 11.9. The zero-order valence-corrected chi connectivity index (χ0v) is 9.16. The summed E-state index contributed by atoms with van der Waals surface area (Å²) in [5.41, 5.74) is -0.459. The van der Waals surface area contributed by atoms with Gasteiger partial charge in [-0.1, -0.05) is 12.2 Å². The molecule has 0 unspecified atom stereocenters. The largest absolute Gasteiger partial charge is 0.394 e. The first-order chi connectivity index (χ1) is 6.49. The number of carbonyl (C=O) groups excluding carboxylic acids is 1. The fourth-order valence-corrected chi connectivity index (χ4v) is 1.50. The molecule has 0 aromatic rings. The van der Waals surface area contributed by atoms with Gasteiger partial charge in [0.1, 0.15) is 0 Å². The van der Waals surface area contributed by atoms with E-state index in [1.54, 1.807) is 11.9 Å². The molecule has 0 aliphatic heterocycles. The first-order valence-electron chi connectivity index (χ1n) is 5.02. The molecule has 0 saturated heterocycles. The van der Waals surface area contributed by atoms with Crippen molar-refractivity contribution in [1.82, 2.24) is 4.90 Å². The van der Waals surface area contributed by atoms with Crippen LogP contribution in [0.2, 0.25) is 0 Å². The summed E-state index contributed by atoms with van der Waals surface area (Å²) in [7, 11) is 1.76. The monoisotopic (exact) mass is 197 g/mol. The van der Waals surface area contributed by atoms with Crippen molar-refractivity contribution in [3.63, 3.8) is 0 Å². The summed E-state index contributed by atoms with van der Waals surface area (Å²) in [6, 6.07) is 0. The number of nitrogens with zero attached hydrogens (tertiary/aromatic N) is 1. The molecule has 0 bridgehead atoms. The van der Waals surface area contributed by atoms with Gasteiger partial charge in [0.25, 0.3) is 0 Å². The summed E-state index contributed by atoms with van der Waals surface area (Å²) < 4.78 is 0. The zero-order chi connectivity index (χ0) is 10.8. The molecule has 1 N–H and O–H groups in total. The van der Waals surface area contributed by atoms with Gasteiger partial charge in [-0.05, 0) is 26.7 Å². The van der Waals surface area contributed by atoms with Gasteiger partial charge in [0.15, 0.2) is 0 Å². The molecule has 0 heterocycles. The fourth-order valence-electron chi connectivity index (χ4n) is 1.50. The van der Waals surface area contributed by atoms with Gasteiger partial charge in [0, 0.05) is 13.0 Å². The number of carbonyl (C=O) groups is 1. The molecule has 3 nitrogen and oxygen atoms in total. The Bertz CT molecular complexity index is 238. The van der Waals surface area contributed by atoms with Crippen LogP contribution in [0.1, 0.15) is 26.7 Å². The number of allylic oxidation sites excluding steroid dienone is 2. The Morgan fingerprint density at radius 2 is 2.00 bits per heavy atom. The molecule has 0 aromatic carbocycles. The summed E-state index contributed by atoms with van der Waals surface area (Å²) in [6.45, 7) is 3.73. The Kier molecular flexibility index (Phi) is 3.32. The molecule has 1 aliphatic rings. The van der Waals surface area contributed by atoms with Crippen LogP contribution in [-0.2, 0) is 4.79 Å². The van der Waals surface area contributed by atoms with Gasteiger partial charge in [-0.15, -0.1) is 0 Å². The second-order valence-electron chi connectivity index (χ2n) is 4.51. The van der Waals surface area contributed by atoms with Crippen LogP contribution < -0.4 is 0 Å². The van der Waals surface area contributed by atoms with Gasteiger partial charge in [-0.25, -0.2) is 0 Å². The van der Waals surface area contributed by atoms with E-state index < -0.39 is 5.54 Å². The summed E-state index contributed by atoms with van der Waals surface area (Å²) in [5.74, 6) is 0.222. The van der Waals surface area contributed by atoms with Crippen LogP contribution in [0.5, 0.6) is 0 Å². The highest BCUT2D eigenvalue weighted by Gasteiger charge is 2.31. The molecule has 0 saturated carbocycles. The van der Waals surface area contributed by atoms with Gasteiger partial charge >= 0.3 is 0 Å². The van der Waals surface area contributed by atoms with Gasteiger partial charge in [0.2, 0.25) is 5.91 Å². The SMILES string of the molecule is CN(C(=O)C1CC=CC1)C(C)(C)CO. The van der Waals surface area contributed by atoms with E-state index in [2.05, 4.69) is 0 Å². The average Bonchev–Trinajstić information content (AvgIpc) is 2.68. The van der Waals surface area contributed by atoms with Gasteiger partial charge in [0.05, 0.1) is 12.1 Å². The van der Waals surface area contributed by atoms with Gasteiger partial charge in [-0.2, -0.15) is 0 Å². The van der Waals surface area contributed by atoms with Crippen molar-refractivity contribution >= 4 is 5.91 Å². The minimum absolute atomic E-state index is 0.00457. The Balaban J connectivity index is 2.60. The summed E-state index contributed by atoms with van der Waals surface area (Å²) in [6.07, 6.45) is 5.76.